The van der Waals surface area contributed by atoms with Gasteiger partial charge in [-0.3, -0.25) is 4.79 Å². The van der Waals surface area contributed by atoms with Gasteiger partial charge in [0.2, 0.25) is 12.2 Å². The number of aliphatic hydroxyl groups is 11. The third kappa shape index (κ3) is 15.4. The van der Waals surface area contributed by atoms with E-state index in [-0.39, 0.29) is 17.8 Å². The predicted octanol–water partition coefficient (Wildman–Crippen LogP) is -0.562. The number of allylic oxidation sites excluding steroid dienone is 4. The predicted molar refractivity (Wildman–Crippen MR) is 235 cm³/mol. The molecule has 13 N–H and O–H groups in total. The summed E-state index contributed by atoms with van der Waals surface area (Å²) >= 11 is 0. The summed E-state index contributed by atoms with van der Waals surface area (Å²) in [6.07, 6.45) is -3.15. The number of amides is 1. The highest BCUT2D eigenvalue weighted by Gasteiger charge is 2.49. The van der Waals surface area contributed by atoms with Gasteiger partial charge in [-0.1, -0.05) is 43.6 Å². The van der Waals surface area contributed by atoms with Crippen molar-refractivity contribution in [3.8, 4) is 5.75 Å². The number of hydrogen-bond donors (Lipinski definition) is 13. The van der Waals surface area contributed by atoms with Crippen LogP contribution in [0.3, 0.4) is 0 Å². The average molecular weight is 941 g/mol. The van der Waals surface area contributed by atoms with Crippen molar-refractivity contribution in [1.29, 1.82) is 0 Å². The molecule has 5 rings (SSSR count). The molecule has 1 aromatic heterocycles. The van der Waals surface area contributed by atoms with E-state index in [2.05, 4.69) is 34.6 Å². The van der Waals surface area contributed by atoms with Crippen LogP contribution in [-0.4, -0.2) is 192 Å². The molecule has 16 unspecified atom stereocenters. The van der Waals surface area contributed by atoms with Crippen molar-refractivity contribution in [2.75, 3.05) is 26.4 Å². The Hall–Kier alpha value is -3.13. The Kier molecular flexibility index (Phi) is 22.1. The first-order chi connectivity index (χ1) is 31.7. The quantitative estimate of drug-likeness (QED) is 0.0415. The lowest BCUT2D eigenvalue weighted by atomic mass is 9.98. The number of ether oxygens (including phenoxy) is 6. The number of carbonyl (C=O) groups excluding carboxylic acids is 1. The van der Waals surface area contributed by atoms with Crippen LogP contribution in [0.25, 0.3) is 10.9 Å². The fraction of sp³-hybridized carbons (Fsp3) is 0.717. The number of unbranched alkanes of at least 4 members (excludes halogenated alkanes) is 6. The second kappa shape index (κ2) is 27.2. The molecular formula is C46H72N2O18. The molecule has 374 valence electrons. The molecule has 4 heterocycles. The van der Waals surface area contributed by atoms with Crippen molar-refractivity contribution in [2.24, 2.45) is 0 Å². The van der Waals surface area contributed by atoms with Crippen LogP contribution < -0.4 is 10.1 Å². The molecule has 1 aromatic carbocycles. The van der Waals surface area contributed by atoms with Crippen LogP contribution >= 0.6 is 0 Å². The van der Waals surface area contributed by atoms with Crippen molar-refractivity contribution in [2.45, 2.75) is 182 Å². The van der Waals surface area contributed by atoms with Crippen LogP contribution in [0.1, 0.15) is 83.1 Å². The third-order valence-corrected chi connectivity index (χ3v) is 12.1. The molecule has 66 heavy (non-hydrogen) atoms. The van der Waals surface area contributed by atoms with Crippen LogP contribution in [0.2, 0.25) is 0 Å². The molecule has 3 aliphatic heterocycles. The number of hydrogen-bond acceptors (Lipinski definition) is 18. The lowest BCUT2D eigenvalue weighted by Gasteiger charge is -2.43. The zero-order valence-electron chi connectivity index (χ0n) is 37.4. The summed E-state index contributed by atoms with van der Waals surface area (Å²) in [5.41, 5.74) is 1.68. The van der Waals surface area contributed by atoms with Gasteiger partial charge in [-0.2, -0.15) is 0 Å². The summed E-state index contributed by atoms with van der Waals surface area (Å²) < 4.78 is 33.8. The molecule has 0 spiro atoms. The van der Waals surface area contributed by atoms with Gasteiger partial charge in [0.15, 0.2) is 12.6 Å². The minimum atomic E-state index is -1.84. The number of rotatable bonds is 26. The lowest BCUT2D eigenvalue weighted by molar-refractivity contribution is -0.339. The summed E-state index contributed by atoms with van der Waals surface area (Å²) in [4.78, 5) is 15.7. The molecule has 3 fully saturated rings. The number of fused-ring (bicyclic) bond motifs is 1. The van der Waals surface area contributed by atoms with Gasteiger partial charge in [0.1, 0.15) is 79.0 Å². The Morgan fingerprint density at radius 2 is 1.24 bits per heavy atom. The topological polar surface area (TPSA) is 323 Å². The molecule has 16 atom stereocenters. The number of nitrogens with one attached hydrogen (secondary N) is 2. The largest absolute Gasteiger partial charge is 0.462 e. The summed E-state index contributed by atoms with van der Waals surface area (Å²) in [6, 6.07) is 5.08. The fourth-order valence-corrected chi connectivity index (χ4v) is 8.03. The summed E-state index contributed by atoms with van der Waals surface area (Å²) in [6.45, 7) is 0.360. The average Bonchev–Trinajstić information content (AvgIpc) is 3.70. The molecule has 20 heteroatoms. The van der Waals surface area contributed by atoms with E-state index in [4.69, 9.17) is 28.4 Å². The molecule has 2 aromatic rings. The third-order valence-electron chi connectivity index (χ3n) is 12.1. The van der Waals surface area contributed by atoms with Crippen molar-refractivity contribution in [3.63, 3.8) is 0 Å². The maximum absolute atomic E-state index is 12.5. The van der Waals surface area contributed by atoms with Crippen LogP contribution in [-0.2, 0) is 34.9 Å². The number of H-pyrrole nitrogens is 1. The Morgan fingerprint density at radius 3 is 1.85 bits per heavy atom. The Balaban J connectivity index is 1.03. The molecule has 3 saturated heterocycles. The minimum absolute atomic E-state index is 0.0293. The number of aromatic amines is 1. The second-order valence-corrected chi connectivity index (χ2v) is 17.4. The van der Waals surface area contributed by atoms with Gasteiger partial charge < -0.3 is 94.9 Å². The number of aliphatic hydroxyl groups excluding tert-OH is 11. The highest BCUT2D eigenvalue weighted by Crippen LogP contribution is 2.30. The van der Waals surface area contributed by atoms with E-state index >= 15 is 0 Å². The first-order valence-corrected chi connectivity index (χ1v) is 23.1. The van der Waals surface area contributed by atoms with E-state index in [9.17, 15) is 61.0 Å². The zero-order valence-corrected chi connectivity index (χ0v) is 37.4. The van der Waals surface area contributed by atoms with Crippen molar-refractivity contribution < 1.29 is 89.4 Å². The summed E-state index contributed by atoms with van der Waals surface area (Å²) in [5, 5.41) is 117. The fourth-order valence-electron chi connectivity index (χ4n) is 8.03. The monoisotopic (exact) mass is 940 g/mol. The smallest absolute Gasteiger partial charge is 0.229 e. The maximum Gasteiger partial charge on any atom is 0.229 e. The molecule has 3 aliphatic rings. The SMILES string of the molecule is CC(O)CCCCCC/C=C\C/C=C\CCCCC(=O)NCCc1c[nH]c2ccc(OC3OC(COC4OC(COC5OC(CO)C(O)C(O)C5O)C(O)C(O)C4O)C(O)C(O)C3O)cc12. The van der Waals surface area contributed by atoms with Gasteiger partial charge in [-0.05, 0) is 82.1 Å². The number of carbonyl (C=O) groups is 1. The van der Waals surface area contributed by atoms with E-state index in [1.54, 1.807) is 18.2 Å². The molecule has 0 aliphatic carbocycles. The van der Waals surface area contributed by atoms with Crippen molar-refractivity contribution >= 4 is 16.8 Å². The van der Waals surface area contributed by atoms with Crippen LogP contribution in [0.4, 0.5) is 0 Å². The second-order valence-electron chi connectivity index (χ2n) is 17.4. The Labute approximate surface area is 384 Å². The molecule has 1 amide bonds. The Morgan fingerprint density at radius 1 is 0.697 bits per heavy atom. The highest BCUT2D eigenvalue weighted by atomic mass is 16.7. The van der Waals surface area contributed by atoms with E-state index < -0.39 is 112 Å². The molecule has 20 nitrogen and oxygen atoms in total. The van der Waals surface area contributed by atoms with Gasteiger partial charge in [0, 0.05) is 30.1 Å². The number of benzene rings is 1. The molecular weight excluding hydrogens is 869 g/mol. The zero-order chi connectivity index (χ0) is 47.8. The molecule has 0 saturated carbocycles. The Bertz CT molecular complexity index is 1780. The van der Waals surface area contributed by atoms with E-state index in [1.165, 1.54) is 12.8 Å². The first kappa shape index (κ1) is 53.8. The van der Waals surface area contributed by atoms with Gasteiger partial charge >= 0.3 is 0 Å². The molecule has 0 radical (unpaired) electrons. The maximum atomic E-state index is 12.5. The summed E-state index contributed by atoms with van der Waals surface area (Å²) in [5.74, 6) is 0.226. The van der Waals surface area contributed by atoms with E-state index in [1.807, 2.05) is 13.1 Å². The highest BCUT2D eigenvalue weighted by molar-refractivity contribution is 5.84. The first-order valence-electron chi connectivity index (χ1n) is 23.1. The number of aromatic nitrogens is 1. The normalized spacial score (nSPS) is 33.5. The van der Waals surface area contributed by atoms with Gasteiger partial charge in [0.05, 0.1) is 25.9 Å². The van der Waals surface area contributed by atoms with Crippen molar-refractivity contribution in [3.05, 3.63) is 54.3 Å². The van der Waals surface area contributed by atoms with Crippen LogP contribution in [0, 0.1) is 0 Å². The lowest BCUT2D eigenvalue weighted by Crippen LogP contribution is -2.63. The summed E-state index contributed by atoms with van der Waals surface area (Å²) in [7, 11) is 0. The van der Waals surface area contributed by atoms with E-state index in [0.717, 1.165) is 67.8 Å². The van der Waals surface area contributed by atoms with Gasteiger partial charge in [-0.15, -0.1) is 0 Å². The van der Waals surface area contributed by atoms with Crippen LogP contribution in [0.5, 0.6) is 5.75 Å². The minimum Gasteiger partial charge on any atom is -0.462 e. The van der Waals surface area contributed by atoms with E-state index in [0.29, 0.717) is 19.4 Å². The van der Waals surface area contributed by atoms with Crippen molar-refractivity contribution in [1.82, 2.24) is 10.3 Å². The van der Waals surface area contributed by atoms with Gasteiger partial charge in [0.25, 0.3) is 0 Å². The standard InChI is InChI=1S/C46H72N2O18/c1-26(50)15-13-11-9-7-5-3-2-4-6-8-10-12-14-16-34(51)47-20-19-27-22-48-30-18-17-28(21-29(27)30)63-46-43(60)40(57)37(54)33(66-46)25-62-45-42(59)39(56)36(53)32(65-45)24-61-44-41(58)38(55)35(52)31(23-49)64-44/h2-3,6,8,17-18,21-22,26,31-33,35-46,48-50,52-60H,4-5,7,9-16,19-20,23-25H2,1H3,(H,47,51)/b3-2-,8-6-. The van der Waals surface area contributed by atoms with Crippen LogP contribution in [0.15, 0.2) is 48.7 Å². The van der Waals surface area contributed by atoms with Gasteiger partial charge in [-0.25, -0.2) is 0 Å². The molecule has 0 bridgehead atoms.